The van der Waals surface area contributed by atoms with E-state index in [-0.39, 0.29) is 6.42 Å². The first-order chi connectivity index (χ1) is 10.1. The minimum absolute atomic E-state index is 0.0127. The number of benzene rings is 1. The number of methoxy groups -OCH3 is 3. The largest absolute Gasteiger partial charge is 0.497 e. The lowest BCUT2D eigenvalue weighted by Gasteiger charge is -2.21. The smallest absolute Gasteiger partial charge is 0.320 e. The molecular weight excluding hydrogens is 274 g/mol. The van der Waals surface area contributed by atoms with Gasteiger partial charge in [0.05, 0.1) is 27.4 Å². The number of carbonyl (C=O) groups is 2. The van der Waals surface area contributed by atoms with Crippen molar-refractivity contribution in [2.24, 2.45) is 5.92 Å². The highest BCUT2D eigenvalue weighted by Gasteiger charge is 2.37. The van der Waals surface area contributed by atoms with Crippen LogP contribution in [0.1, 0.15) is 17.9 Å². The Bertz CT molecular complexity index is 516. The van der Waals surface area contributed by atoms with Gasteiger partial charge in [0.15, 0.2) is 5.92 Å². The van der Waals surface area contributed by atoms with Gasteiger partial charge in [-0.3, -0.25) is 9.59 Å². The van der Waals surface area contributed by atoms with E-state index < -0.39 is 23.8 Å². The number of nitriles is 1. The summed E-state index contributed by atoms with van der Waals surface area (Å²) in [6, 6.07) is 8.80. The molecule has 0 radical (unpaired) electrons. The van der Waals surface area contributed by atoms with Crippen LogP contribution >= 0.6 is 0 Å². The van der Waals surface area contributed by atoms with Crippen molar-refractivity contribution in [3.05, 3.63) is 29.8 Å². The van der Waals surface area contributed by atoms with Crippen molar-refractivity contribution in [3.63, 3.8) is 0 Å². The van der Waals surface area contributed by atoms with Crippen LogP contribution in [0.3, 0.4) is 0 Å². The molecule has 0 saturated carbocycles. The van der Waals surface area contributed by atoms with Crippen LogP contribution in [0.25, 0.3) is 0 Å². The maximum absolute atomic E-state index is 11.9. The van der Waals surface area contributed by atoms with Gasteiger partial charge in [-0.15, -0.1) is 0 Å². The van der Waals surface area contributed by atoms with Crippen LogP contribution in [-0.4, -0.2) is 33.3 Å². The molecule has 0 aromatic heterocycles. The van der Waals surface area contributed by atoms with Gasteiger partial charge >= 0.3 is 11.9 Å². The fraction of sp³-hybridized carbons (Fsp3) is 0.400. The van der Waals surface area contributed by atoms with E-state index in [9.17, 15) is 9.59 Å². The van der Waals surface area contributed by atoms with Crippen LogP contribution in [-0.2, 0) is 19.1 Å². The summed E-state index contributed by atoms with van der Waals surface area (Å²) in [5.74, 6) is -2.62. The summed E-state index contributed by atoms with van der Waals surface area (Å²) in [6.07, 6.45) is -0.0127. The van der Waals surface area contributed by atoms with Gasteiger partial charge in [0.1, 0.15) is 5.75 Å². The van der Waals surface area contributed by atoms with Crippen molar-refractivity contribution in [1.29, 1.82) is 5.26 Å². The highest BCUT2D eigenvalue weighted by molar-refractivity contribution is 5.96. The maximum Gasteiger partial charge on any atom is 0.320 e. The first-order valence-electron chi connectivity index (χ1n) is 6.25. The molecule has 1 aromatic carbocycles. The van der Waals surface area contributed by atoms with E-state index in [1.165, 1.54) is 21.3 Å². The van der Waals surface area contributed by atoms with Gasteiger partial charge in [-0.05, 0) is 17.7 Å². The average molecular weight is 291 g/mol. The summed E-state index contributed by atoms with van der Waals surface area (Å²) < 4.78 is 14.4. The van der Waals surface area contributed by atoms with Crippen molar-refractivity contribution in [2.45, 2.75) is 12.3 Å². The third-order valence-corrected chi connectivity index (χ3v) is 3.17. The predicted molar refractivity (Wildman–Crippen MR) is 73.5 cm³/mol. The third kappa shape index (κ3) is 3.96. The Kier molecular flexibility index (Phi) is 6.21. The second-order valence-electron chi connectivity index (χ2n) is 4.27. The molecule has 1 aromatic rings. The fourth-order valence-corrected chi connectivity index (χ4v) is 2.06. The molecule has 1 rings (SSSR count). The Balaban J connectivity index is 3.19. The number of rotatable bonds is 6. The monoisotopic (exact) mass is 291 g/mol. The molecule has 0 aliphatic rings. The van der Waals surface area contributed by atoms with E-state index >= 15 is 0 Å². The van der Waals surface area contributed by atoms with Crippen molar-refractivity contribution >= 4 is 11.9 Å². The van der Waals surface area contributed by atoms with E-state index in [0.717, 1.165) is 0 Å². The number of esters is 2. The summed E-state index contributed by atoms with van der Waals surface area (Å²) in [6.45, 7) is 0. The second-order valence-corrected chi connectivity index (χ2v) is 4.27. The van der Waals surface area contributed by atoms with Gasteiger partial charge in [0.2, 0.25) is 0 Å². The molecule has 0 fully saturated rings. The molecule has 21 heavy (non-hydrogen) atoms. The van der Waals surface area contributed by atoms with Crippen molar-refractivity contribution in [1.82, 2.24) is 0 Å². The van der Waals surface area contributed by atoms with Gasteiger partial charge in [0, 0.05) is 12.3 Å². The van der Waals surface area contributed by atoms with Crippen LogP contribution in [0.4, 0.5) is 0 Å². The van der Waals surface area contributed by atoms with Crippen LogP contribution in [0, 0.1) is 17.2 Å². The molecule has 0 N–H and O–H groups in total. The number of carbonyl (C=O) groups excluding carboxylic acids is 2. The molecule has 6 heteroatoms. The van der Waals surface area contributed by atoms with E-state index in [1.807, 2.05) is 6.07 Å². The van der Waals surface area contributed by atoms with Gasteiger partial charge in [-0.25, -0.2) is 0 Å². The van der Waals surface area contributed by atoms with Crippen LogP contribution in [0.5, 0.6) is 5.75 Å². The van der Waals surface area contributed by atoms with Crippen LogP contribution < -0.4 is 4.74 Å². The topological polar surface area (TPSA) is 85.6 Å². The highest BCUT2D eigenvalue weighted by atomic mass is 16.5. The second kappa shape index (κ2) is 7.90. The molecule has 0 amide bonds. The summed E-state index contributed by atoms with van der Waals surface area (Å²) in [7, 11) is 3.92. The lowest BCUT2D eigenvalue weighted by Crippen LogP contribution is -2.32. The fourth-order valence-electron chi connectivity index (χ4n) is 2.06. The maximum atomic E-state index is 11.9. The Morgan fingerprint density at radius 1 is 1.10 bits per heavy atom. The SMILES string of the molecule is COC(=O)C(C(=O)OC)C(CC#N)c1ccc(OC)cc1. The normalized spacial score (nSPS) is 11.4. The predicted octanol–water partition coefficient (Wildman–Crippen LogP) is 1.65. The zero-order valence-corrected chi connectivity index (χ0v) is 12.2. The van der Waals surface area contributed by atoms with Gasteiger partial charge in [-0.2, -0.15) is 5.26 Å². The quantitative estimate of drug-likeness (QED) is 0.585. The molecule has 0 heterocycles. The Morgan fingerprint density at radius 3 is 2.00 bits per heavy atom. The van der Waals surface area contributed by atoms with Crippen molar-refractivity contribution < 1.29 is 23.8 Å². The number of hydrogen-bond acceptors (Lipinski definition) is 6. The van der Waals surface area contributed by atoms with Gasteiger partial charge < -0.3 is 14.2 Å². The average Bonchev–Trinajstić information content (AvgIpc) is 2.53. The molecule has 1 unspecified atom stereocenters. The molecule has 1 atom stereocenters. The first kappa shape index (κ1) is 16.5. The Labute approximate surface area is 123 Å². The zero-order chi connectivity index (χ0) is 15.8. The molecular formula is C15H17NO5. The van der Waals surface area contributed by atoms with Crippen LogP contribution in [0.15, 0.2) is 24.3 Å². The number of hydrogen-bond donors (Lipinski definition) is 0. The summed E-state index contributed by atoms with van der Waals surface area (Å²) in [5.41, 5.74) is 0.665. The molecule has 6 nitrogen and oxygen atoms in total. The summed E-state index contributed by atoms with van der Waals surface area (Å²) >= 11 is 0. The standard InChI is InChI=1S/C15H17NO5/c1-19-11-6-4-10(5-7-11)12(8-9-16)13(14(17)20-2)15(18)21-3/h4-7,12-13H,8H2,1-3H3. The molecule has 0 aliphatic carbocycles. The summed E-state index contributed by atoms with van der Waals surface area (Å²) in [5, 5.41) is 8.98. The Morgan fingerprint density at radius 2 is 1.62 bits per heavy atom. The molecule has 0 aliphatic heterocycles. The van der Waals surface area contributed by atoms with E-state index in [2.05, 4.69) is 9.47 Å². The third-order valence-electron chi connectivity index (χ3n) is 3.17. The van der Waals surface area contributed by atoms with Crippen molar-refractivity contribution in [3.8, 4) is 11.8 Å². The minimum Gasteiger partial charge on any atom is -0.497 e. The molecule has 112 valence electrons. The lowest BCUT2D eigenvalue weighted by atomic mass is 9.83. The number of nitrogens with zero attached hydrogens (tertiary/aromatic N) is 1. The molecule has 0 saturated heterocycles. The zero-order valence-electron chi connectivity index (χ0n) is 12.2. The lowest BCUT2D eigenvalue weighted by molar-refractivity contribution is -0.159. The van der Waals surface area contributed by atoms with Gasteiger partial charge in [-0.1, -0.05) is 12.1 Å². The highest BCUT2D eigenvalue weighted by Crippen LogP contribution is 2.31. The number of ether oxygens (including phenoxy) is 3. The minimum atomic E-state index is -1.17. The molecule has 0 bridgehead atoms. The van der Waals surface area contributed by atoms with E-state index in [1.54, 1.807) is 24.3 Å². The molecule has 0 spiro atoms. The summed E-state index contributed by atoms with van der Waals surface area (Å²) in [4.78, 5) is 23.7. The first-order valence-corrected chi connectivity index (χ1v) is 6.25. The van der Waals surface area contributed by atoms with Crippen molar-refractivity contribution in [2.75, 3.05) is 21.3 Å². The van der Waals surface area contributed by atoms with Gasteiger partial charge in [0.25, 0.3) is 0 Å². The van der Waals surface area contributed by atoms with E-state index in [4.69, 9.17) is 10.00 Å². The van der Waals surface area contributed by atoms with E-state index in [0.29, 0.717) is 11.3 Å². The van der Waals surface area contributed by atoms with Crippen LogP contribution in [0.2, 0.25) is 0 Å². The Hall–Kier alpha value is -2.55.